The summed E-state index contributed by atoms with van der Waals surface area (Å²) in [6.45, 7) is 4.21. The Morgan fingerprint density at radius 2 is 1.92 bits per heavy atom. The van der Waals surface area contributed by atoms with E-state index in [2.05, 4.69) is 48.0 Å². The van der Waals surface area contributed by atoms with Crippen LogP contribution >= 0.6 is 0 Å². The predicted molar refractivity (Wildman–Crippen MR) is 99.0 cm³/mol. The second-order valence-electron chi connectivity index (χ2n) is 7.71. The summed E-state index contributed by atoms with van der Waals surface area (Å²) in [5.41, 5.74) is 1.42. The van der Waals surface area contributed by atoms with Crippen molar-refractivity contribution in [3.8, 4) is 0 Å². The number of likely N-dealkylation sites (N-methyl/N-ethyl adjacent to an activating group) is 1. The summed E-state index contributed by atoms with van der Waals surface area (Å²) in [6.07, 6.45) is 9.00. The number of carbonyl (C=O) groups excluding carboxylic acids is 1. The average molecular weight is 329 g/mol. The molecule has 1 heterocycles. The molecule has 0 unspecified atom stereocenters. The van der Waals surface area contributed by atoms with E-state index in [-0.39, 0.29) is 5.54 Å². The molecule has 2 fully saturated rings. The molecular weight excluding hydrogens is 296 g/mol. The van der Waals surface area contributed by atoms with E-state index in [1.165, 1.54) is 44.1 Å². The fraction of sp³-hybridized carbons (Fsp3) is 0.667. The van der Waals surface area contributed by atoms with Gasteiger partial charge >= 0.3 is 0 Å². The molecule has 1 saturated carbocycles. The largest absolute Gasteiger partial charge is 0.335 e. The number of amides is 1. The van der Waals surface area contributed by atoms with Crippen LogP contribution in [0.25, 0.3) is 0 Å². The van der Waals surface area contributed by atoms with Crippen molar-refractivity contribution in [1.82, 2.24) is 9.80 Å². The summed E-state index contributed by atoms with van der Waals surface area (Å²) < 4.78 is 0. The minimum atomic E-state index is 0.153. The zero-order valence-corrected chi connectivity index (χ0v) is 15.3. The van der Waals surface area contributed by atoms with Gasteiger partial charge in [0.25, 0.3) is 0 Å². The van der Waals surface area contributed by atoms with E-state index in [0.29, 0.717) is 18.4 Å². The van der Waals surface area contributed by atoms with Crippen LogP contribution in [0.3, 0.4) is 0 Å². The van der Waals surface area contributed by atoms with E-state index in [0.717, 1.165) is 19.5 Å². The predicted octanol–water partition coefficient (Wildman–Crippen LogP) is 3.87. The lowest BCUT2D eigenvalue weighted by Crippen LogP contribution is -2.48. The molecule has 3 nitrogen and oxygen atoms in total. The molecule has 0 bridgehead atoms. The number of likely N-dealkylation sites (tertiary alicyclic amines) is 1. The summed E-state index contributed by atoms with van der Waals surface area (Å²) >= 11 is 0. The maximum absolute atomic E-state index is 13.1. The summed E-state index contributed by atoms with van der Waals surface area (Å²) in [6, 6.07) is 10.9. The van der Waals surface area contributed by atoms with Gasteiger partial charge in [-0.15, -0.1) is 0 Å². The lowest BCUT2D eigenvalue weighted by atomic mass is 9.79. The molecule has 1 aromatic rings. The Kier molecular flexibility index (Phi) is 5.60. The van der Waals surface area contributed by atoms with Crippen molar-refractivity contribution in [1.29, 1.82) is 0 Å². The molecule has 0 aromatic heterocycles. The number of hydrogen-bond acceptors (Lipinski definition) is 2. The molecular formula is C21H32N2O. The molecule has 1 aliphatic heterocycles. The molecule has 2 aliphatic rings. The highest BCUT2D eigenvalue weighted by molar-refractivity contribution is 5.78. The van der Waals surface area contributed by atoms with E-state index in [9.17, 15) is 4.79 Å². The van der Waals surface area contributed by atoms with E-state index in [1.54, 1.807) is 0 Å². The normalized spacial score (nSPS) is 23.1. The molecule has 1 atom stereocenters. The van der Waals surface area contributed by atoms with Gasteiger partial charge in [-0.3, -0.25) is 4.79 Å². The lowest BCUT2D eigenvalue weighted by molar-refractivity contribution is -0.136. The van der Waals surface area contributed by atoms with Gasteiger partial charge in [0.15, 0.2) is 0 Å². The number of carbonyl (C=O) groups is 1. The maximum atomic E-state index is 13.1. The first-order valence-electron chi connectivity index (χ1n) is 9.69. The van der Waals surface area contributed by atoms with Gasteiger partial charge < -0.3 is 9.80 Å². The lowest BCUT2D eigenvalue weighted by Gasteiger charge is -2.41. The highest BCUT2D eigenvalue weighted by Crippen LogP contribution is 2.43. The number of benzene rings is 1. The monoisotopic (exact) mass is 328 g/mol. The zero-order chi connectivity index (χ0) is 17.0. The third kappa shape index (κ3) is 3.66. The standard InChI is InChI=1S/C21H32N2O/c1-3-22(2)19-16-21(14-8-5-9-15-21)23(17-19)20(24)13-12-18-10-6-4-7-11-18/h4,6-7,10-11,19H,3,5,8-9,12-17H2,1-2H3/t19-/m0/s1. The number of aryl methyl sites for hydroxylation is 1. The van der Waals surface area contributed by atoms with Crippen LogP contribution < -0.4 is 0 Å². The van der Waals surface area contributed by atoms with Crippen molar-refractivity contribution in [3.63, 3.8) is 0 Å². The molecule has 3 rings (SSSR count). The van der Waals surface area contributed by atoms with Gasteiger partial charge in [0.1, 0.15) is 0 Å². The fourth-order valence-corrected chi connectivity index (χ4v) is 4.65. The summed E-state index contributed by atoms with van der Waals surface area (Å²) in [5, 5.41) is 0. The Bertz CT molecular complexity index is 536. The molecule has 1 spiro atoms. The van der Waals surface area contributed by atoms with Gasteiger partial charge in [-0.2, -0.15) is 0 Å². The summed E-state index contributed by atoms with van der Waals surface area (Å²) in [5.74, 6) is 0.368. The number of hydrogen-bond donors (Lipinski definition) is 0. The van der Waals surface area contributed by atoms with E-state index in [4.69, 9.17) is 0 Å². The van der Waals surface area contributed by atoms with Crippen molar-refractivity contribution in [2.45, 2.75) is 69.9 Å². The van der Waals surface area contributed by atoms with Gasteiger partial charge in [0.05, 0.1) is 0 Å². The van der Waals surface area contributed by atoms with Crippen molar-refractivity contribution in [3.05, 3.63) is 35.9 Å². The highest BCUT2D eigenvalue weighted by atomic mass is 16.2. The first-order valence-corrected chi connectivity index (χ1v) is 9.69. The Hall–Kier alpha value is -1.35. The van der Waals surface area contributed by atoms with Crippen LogP contribution in [-0.2, 0) is 11.2 Å². The molecule has 1 saturated heterocycles. The average Bonchev–Trinajstić information content (AvgIpc) is 2.99. The van der Waals surface area contributed by atoms with Crippen LogP contribution in [0.5, 0.6) is 0 Å². The Morgan fingerprint density at radius 3 is 2.58 bits per heavy atom. The molecule has 0 N–H and O–H groups in total. The third-order valence-corrected chi connectivity index (χ3v) is 6.26. The Balaban J connectivity index is 1.69. The molecule has 1 aliphatic carbocycles. The van der Waals surface area contributed by atoms with Gasteiger partial charge in [-0.1, -0.05) is 56.5 Å². The molecule has 24 heavy (non-hydrogen) atoms. The third-order valence-electron chi connectivity index (χ3n) is 6.26. The molecule has 3 heteroatoms. The Labute approximate surface area is 147 Å². The molecule has 1 aromatic carbocycles. The van der Waals surface area contributed by atoms with E-state index >= 15 is 0 Å². The van der Waals surface area contributed by atoms with Gasteiger partial charge in [0.2, 0.25) is 5.91 Å². The minimum absolute atomic E-state index is 0.153. The summed E-state index contributed by atoms with van der Waals surface area (Å²) in [4.78, 5) is 17.8. The topological polar surface area (TPSA) is 23.6 Å². The van der Waals surface area contributed by atoms with Crippen LogP contribution in [0, 0.1) is 0 Å². The number of rotatable bonds is 5. The van der Waals surface area contributed by atoms with Crippen molar-refractivity contribution in [2.75, 3.05) is 20.1 Å². The van der Waals surface area contributed by atoms with Crippen LogP contribution in [0.1, 0.15) is 57.4 Å². The fourth-order valence-electron chi connectivity index (χ4n) is 4.65. The second-order valence-corrected chi connectivity index (χ2v) is 7.71. The van der Waals surface area contributed by atoms with Gasteiger partial charge in [-0.05, 0) is 44.8 Å². The second kappa shape index (κ2) is 7.69. The van der Waals surface area contributed by atoms with E-state index < -0.39 is 0 Å². The smallest absolute Gasteiger partial charge is 0.223 e. The maximum Gasteiger partial charge on any atom is 0.223 e. The van der Waals surface area contributed by atoms with Crippen LogP contribution in [0.15, 0.2) is 30.3 Å². The van der Waals surface area contributed by atoms with Crippen molar-refractivity contribution in [2.24, 2.45) is 0 Å². The van der Waals surface area contributed by atoms with Gasteiger partial charge in [0, 0.05) is 24.5 Å². The zero-order valence-electron chi connectivity index (χ0n) is 15.3. The van der Waals surface area contributed by atoms with Crippen LogP contribution in [-0.4, -0.2) is 47.4 Å². The number of nitrogens with zero attached hydrogens (tertiary/aromatic N) is 2. The van der Waals surface area contributed by atoms with E-state index in [1.807, 2.05) is 6.07 Å². The van der Waals surface area contributed by atoms with Gasteiger partial charge in [-0.25, -0.2) is 0 Å². The Morgan fingerprint density at radius 1 is 1.21 bits per heavy atom. The molecule has 0 radical (unpaired) electrons. The SMILES string of the molecule is CCN(C)[C@@H]1CN(C(=O)CCc2ccccc2)C2(CCCCC2)C1. The highest BCUT2D eigenvalue weighted by Gasteiger charge is 2.48. The quantitative estimate of drug-likeness (QED) is 0.819. The van der Waals surface area contributed by atoms with Crippen molar-refractivity contribution >= 4 is 5.91 Å². The molecule has 1 amide bonds. The molecule has 132 valence electrons. The minimum Gasteiger partial charge on any atom is -0.335 e. The first-order chi connectivity index (χ1) is 11.6. The van der Waals surface area contributed by atoms with Crippen LogP contribution in [0.2, 0.25) is 0 Å². The first kappa shape index (κ1) is 17.5. The van der Waals surface area contributed by atoms with Crippen LogP contribution in [0.4, 0.5) is 0 Å². The van der Waals surface area contributed by atoms with Crippen molar-refractivity contribution < 1.29 is 4.79 Å². The summed E-state index contributed by atoms with van der Waals surface area (Å²) in [7, 11) is 2.21.